The van der Waals surface area contributed by atoms with Crippen molar-refractivity contribution >= 4 is 17.5 Å². The van der Waals surface area contributed by atoms with Crippen LogP contribution in [0.2, 0.25) is 0 Å². The number of imide groups is 1. The second-order valence-electron chi connectivity index (χ2n) is 8.17. The van der Waals surface area contributed by atoms with Crippen LogP contribution in [0.4, 0.5) is 18.9 Å². The Morgan fingerprint density at radius 2 is 1.50 bits per heavy atom. The Morgan fingerprint density at radius 1 is 0.893 bits per heavy atom. The first kappa shape index (κ1) is 17.7. The van der Waals surface area contributed by atoms with Gasteiger partial charge in [-0.25, -0.2) is 4.90 Å². The van der Waals surface area contributed by atoms with Crippen LogP contribution in [0.15, 0.2) is 47.6 Å². The minimum Gasteiger partial charge on any atom is -0.274 e. The predicted molar refractivity (Wildman–Crippen MR) is 97.1 cm³/mol. The third-order valence-corrected chi connectivity index (χ3v) is 6.71. The molecule has 4 unspecified atom stereocenters. The number of benzene rings is 1. The second kappa shape index (κ2) is 6.06. The molecule has 1 aromatic rings. The van der Waals surface area contributed by atoms with Crippen molar-refractivity contribution in [2.24, 2.45) is 23.7 Å². The standard InChI is InChI=1S/C22H20F3NO2/c23-22(24,25)13-7-4-8-14(11-13)26-20(27)18-15-9-10-16(19(18)21(26)28)17(15)12-5-2-1-3-6-12/h4,7-11,15-16,18-19H,1-3,5-6H2. The molecular formula is C22H20F3NO2. The van der Waals surface area contributed by atoms with Crippen molar-refractivity contribution in [3.05, 3.63) is 53.1 Å². The highest BCUT2D eigenvalue weighted by molar-refractivity contribution is 6.23. The first-order valence-corrected chi connectivity index (χ1v) is 9.83. The van der Waals surface area contributed by atoms with Crippen LogP contribution in [0.3, 0.4) is 0 Å². The first-order chi connectivity index (χ1) is 13.4. The first-order valence-electron chi connectivity index (χ1n) is 9.83. The molecule has 3 nitrogen and oxygen atoms in total. The number of anilines is 1. The van der Waals surface area contributed by atoms with E-state index in [9.17, 15) is 22.8 Å². The van der Waals surface area contributed by atoms with Crippen molar-refractivity contribution in [2.75, 3.05) is 4.90 Å². The van der Waals surface area contributed by atoms with E-state index < -0.39 is 23.6 Å². The summed E-state index contributed by atoms with van der Waals surface area (Å²) in [6.45, 7) is 0. The van der Waals surface area contributed by atoms with Gasteiger partial charge in [0.1, 0.15) is 0 Å². The lowest BCUT2D eigenvalue weighted by atomic mass is 9.85. The second-order valence-corrected chi connectivity index (χ2v) is 8.17. The molecule has 1 aliphatic heterocycles. The Bertz CT molecular complexity index is 888. The number of hydrogen-bond acceptors (Lipinski definition) is 2. The summed E-state index contributed by atoms with van der Waals surface area (Å²) in [6, 6.07) is 4.50. The van der Waals surface area contributed by atoms with Crippen LogP contribution in [0.1, 0.15) is 37.7 Å². The number of hydrogen-bond donors (Lipinski definition) is 0. The van der Waals surface area contributed by atoms with Crippen LogP contribution in [0, 0.1) is 23.7 Å². The zero-order chi connectivity index (χ0) is 19.6. The molecule has 1 heterocycles. The number of rotatable bonds is 1. The molecule has 3 aliphatic carbocycles. The van der Waals surface area contributed by atoms with Crippen molar-refractivity contribution in [2.45, 2.75) is 38.3 Å². The Hall–Kier alpha value is -2.37. The molecule has 3 fully saturated rings. The zero-order valence-electron chi connectivity index (χ0n) is 15.2. The summed E-state index contributed by atoms with van der Waals surface area (Å²) in [4.78, 5) is 27.3. The smallest absolute Gasteiger partial charge is 0.274 e. The summed E-state index contributed by atoms with van der Waals surface area (Å²) in [5, 5.41) is 0. The topological polar surface area (TPSA) is 37.4 Å². The Balaban J connectivity index is 1.51. The molecule has 6 heteroatoms. The van der Waals surface area contributed by atoms with Crippen LogP contribution in [-0.4, -0.2) is 11.8 Å². The molecular weight excluding hydrogens is 367 g/mol. The minimum atomic E-state index is -4.52. The summed E-state index contributed by atoms with van der Waals surface area (Å²) in [5.41, 5.74) is 1.81. The fraction of sp³-hybridized carbons (Fsp3) is 0.455. The molecule has 4 aliphatic rings. The molecule has 1 saturated heterocycles. The van der Waals surface area contributed by atoms with Crippen LogP contribution in [-0.2, 0) is 15.8 Å². The van der Waals surface area contributed by atoms with E-state index in [0.29, 0.717) is 0 Å². The van der Waals surface area contributed by atoms with Gasteiger partial charge in [0.15, 0.2) is 0 Å². The average Bonchev–Trinajstić information content (AvgIpc) is 3.31. The lowest BCUT2D eigenvalue weighted by Crippen LogP contribution is -2.33. The lowest BCUT2D eigenvalue weighted by molar-refractivity contribution is -0.137. The lowest BCUT2D eigenvalue weighted by Gasteiger charge is -2.23. The third kappa shape index (κ3) is 2.43. The number of alkyl halides is 3. The van der Waals surface area contributed by atoms with Gasteiger partial charge in [0, 0.05) is 11.8 Å². The Labute approximate surface area is 160 Å². The van der Waals surface area contributed by atoms with Gasteiger partial charge in [-0.2, -0.15) is 13.2 Å². The summed E-state index contributed by atoms with van der Waals surface area (Å²) in [5.74, 6) is -1.81. The minimum absolute atomic E-state index is 0.0190. The van der Waals surface area contributed by atoms with Crippen molar-refractivity contribution in [1.82, 2.24) is 0 Å². The van der Waals surface area contributed by atoms with Gasteiger partial charge in [-0.15, -0.1) is 0 Å². The molecule has 2 saturated carbocycles. The van der Waals surface area contributed by atoms with Crippen molar-refractivity contribution in [3.63, 3.8) is 0 Å². The maximum absolute atomic E-state index is 13.1. The number of allylic oxidation sites excluding steroid dienone is 4. The molecule has 2 amide bonds. The third-order valence-electron chi connectivity index (χ3n) is 6.71. The van der Waals surface area contributed by atoms with E-state index in [1.54, 1.807) is 0 Å². The Kier molecular flexibility index (Phi) is 3.83. The molecule has 146 valence electrons. The molecule has 0 N–H and O–H groups in total. The number of nitrogens with zero attached hydrogens (tertiary/aromatic N) is 1. The van der Waals surface area contributed by atoms with Crippen LogP contribution < -0.4 is 4.90 Å². The van der Waals surface area contributed by atoms with E-state index in [4.69, 9.17) is 0 Å². The summed E-state index contributed by atoms with van der Waals surface area (Å²) in [7, 11) is 0. The SMILES string of the molecule is O=C1C2C3C=CC(C3=C3CCCCC3)C2C(=O)N1c1cccc(C(F)(F)F)c1. The molecule has 1 aromatic carbocycles. The van der Waals surface area contributed by atoms with Gasteiger partial charge in [0.2, 0.25) is 11.8 Å². The summed E-state index contributed by atoms with van der Waals surface area (Å²) < 4.78 is 39.2. The highest BCUT2D eigenvalue weighted by atomic mass is 19.4. The monoisotopic (exact) mass is 387 g/mol. The van der Waals surface area contributed by atoms with Gasteiger partial charge in [-0.3, -0.25) is 9.59 Å². The Morgan fingerprint density at radius 3 is 2.07 bits per heavy atom. The number of carbonyl (C=O) groups excluding carboxylic acids is 2. The van der Waals surface area contributed by atoms with Crippen LogP contribution in [0.5, 0.6) is 0 Å². The summed E-state index contributed by atoms with van der Waals surface area (Å²) in [6.07, 6.45) is 5.11. The van der Waals surface area contributed by atoms with Crippen molar-refractivity contribution in [3.8, 4) is 0 Å². The maximum atomic E-state index is 13.1. The maximum Gasteiger partial charge on any atom is 0.416 e. The van der Waals surface area contributed by atoms with E-state index in [2.05, 4.69) is 0 Å². The molecule has 0 radical (unpaired) electrons. The van der Waals surface area contributed by atoms with E-state index >= 15 is 0 Å². The fourth-order valence-corrected chi connectivity index (χ4v) is 5.58. The van der Waals surface area contributed by atoms with E-state index in [1.165, 1.54) is 29.7 Å². The number of halogens is 3. The quantitative estimate of drug-likeness (QED) is 0.508. The molecule has 0 aromatic heterocycles. The normalized spacial score (nSPS) is 31.9. The van der Waals surface area contributed by atoms with Crippen LogP contribution >= 0.6 is 0 Å². The van der Waals surface area contributed by atoms with Crippen molar-refractivity contribution < 1.29 is 22.8 Å². The molecule has 2 bridgehead atoms. The van der Waals surface area contributed by atoms with E-state index in [1.807, 2.05) is 12.2 Å². The van der Waals surface area contributed by atoms with E-state index in [0.717, 1.165) is 42.7 Å². The average molecular weight is 387 g/mol. The molecule has 28 heavy (non-hydrogen) atoms. The molecule has 5 rings (SSSR count). The van der Waals surface area contributed by atoms with Gasteiger partial charge in [0.25, 0.3) is 0 Å². The highest BCUT2D eigenvalue weighted by Crippen LogP contribution is 2.58. The van der Waals surface area contributed by atoms with E-state index in [-0.39, 0.29) is 29.3 Å². The van der Waals surface area contributed by atoms with Gasteiger partial charge in [-0.05, 0) is 43.9 Å². The van der Waals surface area contributed by atoms with Gasteiger partial charge >= 0.3 is 6.18 Å². The zero-order valence-corrected chi connectivity index (χ0v) is 15.2. The van der Waals surface area contributed by atoms with Gasteiger partial charge in [0.05, 0.1) is 23.1 Å². The van der Waals surface area contributed by atoms with Gasteiger partial charge < -0.3 is 0 Å². The number of carbonyl (C=O) groups is 2. The molecule has 4 atom stereocenters. The summed E-state index contributed by atoms with van der Waals surface area (Å²) >= 11 is 0. The predicted octanol–water partition coefficient (Wildman–Crippen LogP) is 4.89. The van der Waals surface area contributed by atoms with Crippen LogP contribution in [0.25, 0.3) is 0 Å². The van der Waals surface area contributed by atoms with Crippen molar-refractivity contribution in [1.29, 1.82) is 0 Å². The van der Waals surface area contributed by atoms with Gasteiger partial charge in [-0.1, -0.05) is 35.8 Å². The number of amides is 2. The molecule has 0 spiro atoms. The fourth-order valence-electron chi connectivity index (χ4n) is 5.58. The largest absolute Gasteiger partial charge is 0.416 e. The number of fused-ring (bicyclic) bond motifs is 5. The highest BCUT2D eigenvalue weighted by Gasteiger charge is 2.62.